The standard InChI is InChI=1S/C16H18Br2N2O2/c1-21-13-5-9(3-11(17)7-13)15(19)16(20)10-4-12(18)8-14(6-10)22-2/h3-8,15-16H,19-20H2,1-2H3. The number of nitrogens with two attached hydrogens (primary N) is 2. The van der Waals surface area contributed by atoms with Crippen molar-refractivity contribution in [3.63, 3.8) is 0 Å². The molecule has 0 saturated heterocycles. The summed E-state index contributed by atoms with van der Waals surface area (Å²) in [4.78, 5) is 0. The number of hydrogen-bond acceptors (Lipinski definition) is 4. The lowest BCUT2D eigenvalue weighted by molar-refractivity contribution is 0.411. The van der Waals surface area contributed by atoms with Gasteiger partial charge < -0.3 is 20.9 Å². The van der Waals surface area contributed by atoms with Crippen LogP contribution in [0.15, 0.2) is 45.3 Å². The van der Waals surface area contributed by atoms with E-state index in [2.05, 4.69) is 31.9 Å². The summed E-state index contributed by atoms with van der Waals surface area (Å²) >= 11 is 6.92. The number of ether oxygens (including phenoxy) is 2. The molecule has 4 N–H and O–H groups in total. The highest BCUT2D eigenvalue weighted by molar-refractivity contribution is 9.10. The van der Waals surface area contributed by atoms with Gasteiger partial charge in [-0.05, 0) is 47.5 Å². The van der Waals surface area contributed by atoms with E-state index in [0.717, 1.165) is 31.6 Å². The third kappa shape index (κ3) is 4.01. The zero-order chi connectivity index (χ0) is 16.3. The minimum absolute atomic E-state index is 0.370. The molecule has 0 aliphatic carbocycles. The summed E-state index contributed by atoms with van der Waals surface area (Å²) in [5, 5.41) is 0. The van der Waals surface area contributed by atoms with Crippen molar-refractivity contribution in [2.45, 2.75) is 12.1 Å². The summed E-state index contributed by atoms with van der Waals surface area (Å²) in [7, 11) is 3.24. The Morgan fingerprint density at radius 1 is 0.727 bits per heavy atom. The summed E-state index contributed by atoms with van der Waals surface area (Å²) in [6.45, 7) is 0. The van der Waals surface area contributed by atoms with E-state index in [9.17, 15) is 0 Å². The van der Waals surface area contributed by atoms with E-state index >= 15 is 0 Å². The molecule has 4 nitrogen and oxygen atoms in total. The zero-order valence-electron chi connectivity index (χ0n) is 12.3. The van der Waals surface area contributed by atoms with Gasteiger partial charge in [0, 0.05) is 21.0 Å². The van der Waals surface area contributed by atoms with Crippen LogP contribution in [0, 0.1) is 0 Å². The molecule has 0 spiro atoms. The second-order valence-electron chi connectivity index (χ2n) is 4.90. The lowest BCUT2D eigenvalue weighted by Crippen LogP contribution is -2.26. The van der Waals surface area contributed by atoms with Gasteiger partial charge in [-0.25, -0.2) is 0 Å². The molecule has 2 atom stereocenters. The van der Waals surface area contributed by atoms with Gasteiger partial charge in [0.1, 0.15) is 11.5 Å². The lowest BCUT2D eigenvalue weighted by atomic mass is 9.94. The van der Waals surface area contributed by atoms with Crippen LogP contribution in [-0.2, 0) is 0 Å². The zero-order valence-corrected chi connectivity index (χ0v) is 15.5. The Hall–Kier alpha value is -1.08. The summed E-state index contributed by atoms with van der Waals surface area (Å²) < 4.78 is 12.3. The first-order valence-electron chi connectivity index (χ1n) is 6.64. The van der Waals surface area contributed by atoms with Crippen LogP contribution in [0.3, 0.4) is 0 Å². The smallest absolute Gasteiger partial charge is 0.120 e. The maximum atomic E-state index is 6.35. The summed E-state index contributed by atoms with van der Waals surface area (Å²) in [6.07, 6.45) is 0. The van der Waals surface area contributed by atoms with E-state index in [0.29, 0.717) is 0 Å². The Morgan fingerprint density at radius 2 is 1.09 bits per heavy atom. The van der Waals surface area contributed by atoms with Crippen LogP contribution in [0.2, 0.25) is 0 Å². The lowest BCUT2D eigenvalue weighted by Gasteiger charge is -2.22. The van der Waals surface area contributed by atoms with E-state index < -0.39 is 0 Å². The monoisotopic (exact) mass is 428 g/mol. The highest BCUT2D eigenvalue weighted by Gasteiger charge is 2.19. The Labute approximate surface area is 147 Å². The molecular weight excluding hydrogens is 412 g/mol. The van der Waals surface area contributed by atoms with Gasteiger partial charge in [-0.3, -0.25) is 0 Å². The first-order valence-corrected chi connectivity index (χ1v) is 8.23. The first-order chi connectivity index (χ1) is 10.4. The van der Waals surface area contributed by atoms with Crippen LogP contribution in [0.25, 0.3) is 0 Å². The highest BCUT2D eigenvalue weighted by Crippen LogP contribution is 2.32. The van der Waals surface area contributed by atoms with E-state index in [1.807, 2.05) is 36.4 Å². The number of halogens is 2. The maximum Gasteiger partial charge on any atom is 0.120 e. The van der Waals surface area contributed by atoms with Crippen molar-refractivity contribution in [1.29, 1.82) is 0 Å². The van der Waals surface area contributed by atoms with Gasteiger partial charge in [-0.2, -0.15) is 0 Å². The molecule has 0 saturated carbocycles. The molecule has 0 fully saturated rings. The Balaban J connectivity index is 2.34. The molecule has 0 aliphatic heterocycles. The van der Waals surface area contributed by atoms with Crippen molar-refractivity contribution in [1.82, 2.24) is 0 Å². The third-order valence-corrected chi connectivity index (χ3v) is 4.33. The molecule has 6 heteroatoms. The average Bonchev–Trinajstić information content (AvgIpc) is 2.52. The Morgan fingerprint density at radius 3 is 1.41 bits per heavy atom. The molecule has 22 heavy (non-hydrogen) atoms. The minimum Gasteiger partial charge on any atom is -0.497 e. The molecule has 0 radical (unpaired) electrons. The molecule has 0 aliphatic rings. The van der Waals surface area contributed by atoms with Crippen LogP contribution < -0.4 is 20.9 Å². The fraction of sp³-hybridized carbons (Fsp3) is 0.250. The Kier molecular flexibility index (Phi) is 5.86. The fourth-order valence-electron chi connectivity index (χ4n) is 2.20. The molecule has 0 bridgehead atoms. The molecule has 0 aromatic heterocycles. The number of benzene rings is 2. The van der Waals surface area contributed by atoms with Crippen molar-refractivity contribution < 1.29 is 9.47 Å². The molecular formula is C16H18Br2N2O2. The van der Waals surface area contributed by atoms with E-state index in [1.54, 1.807) is 14.2 Å². The quantitative estimate of drug-likeness (QED) is 0.755. The number of methoxy groups -OCH3 is 2. The summed E-state index contributed by atoms with van der Waals surface area (Å²) in [5.74, 6) is 1.47. The summed E-state index contributed by atoms with van der Waals surface area (Å²) in [5.41, 5.74) is 14.5. The van der Waals surface area contributed by atoms with E-state index in [-0.39, 0.29) is 12.1 Å². The Bertz CT molecular complexity index is 607. The van der Waals surface area contributed by atoms with Gasteiger partial charge in [0.25, 0.3) is 0 Å². The van der Waals surface area contributed by atoms with Crippen molar-refractivity contribution in [2.75, 3.05) is 14.2 Å². The van der Waals surface area contributed by atoms with Crippen LogP contribution in [0.4, 0.5) is 0 Å². The second kappa shape index (κ2) is 7.46. The van der Waals surface area contributed by atoms with Gasteiger partial charge in [0.15, 0.2) is 0 Å². The van der Waals surface area contributed by atoms with Gasteiger partial charge in [0.05, 0.1) is 14.2 Å². The maximum absolute atomic E-state index is 6.35. The normalized spacial score (nSPS) is 13.5. The van der Waals surface area contributed by atoms with E-state index in [4.69, 9.17) is 20.9 Å². The van der Waals surface area contributed by atoms with Crippen LogP contribution >= 0.6 is 31.9 Å². The molecule has 118 valence electrons. The van der Waals surface area contributed by atoms with Gasteiger partial charge >= 0.3 is 0 Å². The fourth-order valence-corrected chi connectivity index (χ4v) is 3.18. The highest BCUT2D eigenvalue weighted by atomic mass is 79.9. The second-order valence-corrected chi connectivity index (χ2v) is 6.73. The van der Waals surface area contributed by atoms with E-state index in [1.165, 1.54) is 0 Å². The first kappa shape index (κ1) is 17.3. The van der Waals surface area contributed by atoms with Crippen molar-refractivity contribution in [3.8, 4) is 11.5 Å². The molecule has 2 aromatic carbocycles. The summed E-state index contributed by atoms with van der Waals surface area (Å²) in [6, 6.07) is 10.7. The molecule has 2 aromatic rings. The minimum atomic E-state index is -0.370. The molecule has 2 unspecified atom stereocenters. The third-order valence-electron chi connectivity index (χ3n) is 3.42. The largest absolute Gasteiger partial charge is 0.497 e. The van der Waals surface area contributed by atoms with Gasteiger partial charge in [-0.1, -0.05) is 31.9 Å². The van der Waals surface area contributed by atoms with Gasteiger partial charge in [-0.15, -0.1) is 0 Å². The average molecular weight is 430 g/mol. The van der Waals surface area contributed by atoms with Crippen molar-refractivity contribution >= 4 is 31.9 Å². The number of hydrogen-bond donors (Lipinski definition) is 2. The van der Waals surface area contributed by atoms with Crippen LogP contribution in [0.5, 0.6) is 11.5 Å². The predicted molar refractivity (Wildman–Crippen MR) is 95.2 cm³/mol. The van der Waals surface area contributed by atoms with Crippen molar-refractivity contribution in [2.24, 2.45) is 11.5 Å². The molecule has 0 amide bonds. The predicted octanol–water partition coefficient (Wildman–Crippen LogP) is 3.93. The van der Waals surface area contributed by atoms with Crippen LogP contribution in [0.1, 0.15) is 23.2 Å². The SMILES string of the molecule is COc1cc(Br)cc(C(N)C(N)c2cc(Br)cc(OC)c2)c1. The van der Waals surface area contributed by atoms with Crippen LogP contribution in [-0.4, -0.2) is 14.2 Å². The molecule has 2 rings (SSSR count). The topological polar surface area (TPSA) is 70.5 Å². The van der Waals surface area contributed by atoms with Gasteiger partial charge in [0.2, 0.25) is 0 Å². The van der Waals surface area contributed by atoms with Crippen molar-refractivity contribution in [3.05, 3.63) is 56.5 Å². The number of rotatable bonds is 5. The molecule has 0 heterocycles.